The number of likely N-dealkylation sites (N-methyl/N-ethyl adjacent to an activating group) is 1. The van der Waals surface area contributed by atoms with E-state index in [1.54, 1.807) is 0 Å². The maximum Gasteiger partial charge on any atom is 0.145 e. The van der Waals surface area contributed by atoms with E-state index in [-0.39, 0.29) is 11.9 Å². The molecule has 39 heavy (non-hydrogen) atoms. The lowest BCUT2D eigenvalue weighted by Crippen LogP contribution is -2.41. The number of nitrogens with two attached hydrogens (primary N) is 1. The van der Waals surface area contributed by atoms with Crippen LogP contribution in [0.1, 0.15) is 29.7 Å². The Morgan fingerprint density at radius 1 is 1.13 bits per heavy atom. The summed E-state index contributed by atoms with van der Waals surface area (Å²) >= 11 is 0. The number of benzene rings is 3. The predicted octanol–water partition coefficient (Wildman–Crippen LogP) is 5.80. The molecular formula is C32H34FN5O. The molecule has 1 saturated heterocycles. The number of para-hydroxylation sites is 1. The molecular weight excluding hydrogens is 489 g/mol. The van der Waals surface area contributed by atoms with Gasteiger partial charge in [-0.25, -0.2) is 4.39 Å². The van der Waals surface area contributed by atoms with Gasteiger partial charge in [0.05, 0.1) is 24.1 Å². The molecule has 0 aliphatic carbocycles. The Bertz CT molecular complexity index is 1540. The number of likely N-dealkylation sites (tertiary alicyclic amines) is 1. The van der Waals surface area contributed by atoms with Crippen molar-refractivity contribution in [3.63, 3.8) is 0 Å². The Kier molecular flexibility index (Phi) is 6.83. The summed E-state index contributed by atoms with van der Waals surface area (Å²) in [5.74, 6) is 0.588. The summed E-state index contributed by atoms with van der Waals surface area (Å²) in [6.07, 6.45) is 4.03. The quantitative estimate of drug-likeness (QED) is 0.325. The topological polar surface area (TPSA) is 59.0 Å². The van der Waals surface area contributed by atoms with E-state index in [1.807, 2.05) is 30.5 Å². The van der Waals surface area contributed by atoms with E-state index in [0.717, 1.165) is 83.0 Å². The first-order chi connectivity index (χ1) is 19.0. The van der Waals surface area contributed by atoms with Gasteiger partial charge in [-0.15, -0.1) is 0 Å². The van der Waals surface area contributed by atoms with Crippen molar-refractivity contribution in [2.45, 2.75) is 25.4 Å². The molecule has 6 rings (SSSR count). The smallest absolute Gasteiger partial charge is 0.145 e. The second-order valence-electron chi connectivity index (χ2n) is 10.5. The van der Waals surface area contributed by atoms with Gasteiger partial charge in [0.2, 0.25) is 0 Å². The van der Waals surface area contributed by atoms with E-state index in [4.69, 9.17) is 15.5 Å². The maximum atomic E-state index is 13.5. The second kappa shape index (κ2) is 10.6. The highest BCUT2D eigenvalue weighted by atomic mass is 19.1. The molecule has 6 nitrogen and oxygen atoms in total. The van der Waals surface area contributed by atoms with E-state index < -0.39 is 0 Å². The molecule has 3 aromatic carbocycles. The molecule has 0 radical (unpaired) electrons. The molecule has 1 fully saturated rings. The monoisotopic (exact) mass is 523 g/mol. The Balaban J connectivity index is 1.40. The Hall–Kier alpha value is -4.10. The van der Waals surface area contributed by atoms with Crippen LogP contribution in [0.25, 0.3) is 16.6 Å². The molecule has 0 amide bonds. The number of ether oxygens (including phenoxy) is 1. The van der Waals surface area contributed by atoms with Crippen LogP contribution in [0.15, 0.2) is 78.3 Å². The molecule has 3 heterocycles. The van der Waals surface area contributed by atoms with Crippen molar-refractivity contribution in [2.24, 2.45) is 10.7 Å². The summed E-state index contributed by atoms with van der Waals surface area (Å²) in [6.45, 7) is 8.21. The molecule has 0 spiro atoms. The van der Waals surface area contributed by atoms with Crippen molar-refractivity contribution in [1.29, 1.82) is 0 Å². The van der Waals surface area contributed by atoms with Gasteiger partial charge in [0, 0.05) is 54.9 Å². The Morgan fingerprint density at radius 2 is 1.95 bits per heavy atom. The zero-order valence-electron chi connectivity index (χ0n) is 22.3. The maximum absolute atomic E-state index is 13.5. The summed E-state index contributed by atoms with van der Waals surface area (Å²) < 4.78 is 21.9. The number of aliphatic imine (C=N–C) groups is 1. The number of hydrogen-bond donors (Lipinski definition) is 1. The van der Waals surface area contributed by atoms with Crippen LogP contribution in [0.5, 0.6) is 5.75 Å². The van der Waals surface area contributed by atoms with Crippen molar-refractivity contribution in [3.05, 3.63) is 95.9 Å². The van der Waals surface area contributed by atoms with Crippen LogP contribution >= 0.6 is 0 Å². The standard InChI is InChI=1S/C32H34FN5O/c1-22(37-13-5-7-27(34)21-37)25-17-29(32-31(18-25)39-15-14-36(32)2)35-19-28-16-24-6-3-4-8-30(24)38(28)20-23-9-11-26(33)12-10-23/h3-4,6,8-12,16-19,27H,1,5,7,13-15,20-21,34H2,2H3. The van der Waals surface area contributed by atoms with Crippen LogP contribution < -0.4 is 15.4 Å². The van der Waals surface area contributed by atoms with Crippen LogP contribution in [0.4, 0.5) is 15.8 Å². The van der Waals surface area contributed by atoms with Gasteiger partial charge in [0.25, 0.3) is 0 Å². The third-order valence-electron chi connectivity index (χ3n) is 7.73. The van der Waals surface area contributed by atoms with Gasteiger partial charge in [0.1, 0.15) is 23.9 Å². The second-order valence-corrected chi connectivity index (χ2v) is 10.5. The van der Waals surface area contributed by atoms with E-state index in [9.17, 15) is 4.39 Å². The SMILES string of the molecule is C=C(c1cc(N=Cc2cc3ccccc3n2Cc2ccc(F)cc2)c2c(c1)OCCN2C)N1CCCC(N)C1. The molecule has 2 N–H and O–H groups in total. The molecule has 200 valence electrons. The normalized spacial score (nSPS) is 17.5. The Labute approximate surface area is 228 Å². The number of hydrogen-bond acceptors (Lipinski definition) is 5. The molecule has 2 aliphatic rings. The van der Waals surface area contributed by atoms with Crippen LogP contribution in [0, 0.1) is 5.82 Å². The van der Waals surface area contributed by atoms with Crippen LogP contribution in [-0.4, -0.2) is 55.0 Å². The predicted molar refractivity (Wildman–Crippen MR) is 158 cm³/mol. The average molecular weight is 524 g/mol. The number of aromatic nitrogens is 1. The lowest BCUT2D eigenvalue weighted by atomic mass is 10.0. The van der Waals surface area contributed by atoms with Gasteiger partial charge in [-0.05, 0) is 54.8 Å². The molecule has 7 heteroatoms. The minimum absolute atomic E-state index is 0.163. The first kappa shape index (κ1) is 25.2. The average Bonchev–Trinajstić information content (AvgIpc) is 3.29. The zero-order chi connectivity index (χ0) is 26.9. The van der Waals surface area contributed by atoms with Gasteiger partial charge in [0.15, 0.2) is 0 Å². The first-order valence-electron chi connectivity index (χ1n) is 13.5. The summed E-state index contributed by atoms with van der Waals surface area (Å²) in [5, 5.41) is 1.13. The van der Waals surface area contributed by atoms with Gasteiger partial charge >= 0.3 is 0 Å². The molecule has 1 unspecified atom stereocenters. The third-order valence-corrected chi connectivity index (χ3v) is 7.73. The number of fused-ring (bicyclic) bond motifs is 2. The minimum Gasteiger partial charge on any atom is -0.489 e. The molecule has 1 atom stereocenters. The molecule has 0 saturated carbocycles. The number of rotatable bonds is 6. The molecule has 2 aliphatic heterocycles. The van der Waals surface area contributed by atoms with E-state index in [0.29, 0.717) is 13.2 Å². The summed E-state index contributed by atoms with van der Waals surface area (Å²) in [4.78, 5) is 9.51. The highest BCUT2D eigenvalue weighted by Crippen LogP contribution is 2.42. The minimum atomic E-state index is -0.234. The number of nitrogens with zero attached hydrogens (tertiary/aromatic N) is 4. The number of anilines is 1. The van der Waals surface area contributed by atoms with Crippen LogP contribution in [0.2, 0.25) is 0 Å². The fourth-order valence-electron chi connectivity index (χ4n) is 5.62. The Morgan fingerprint density at radius 3 is 2.77 bits per heavy atom. The van der Waals surface area contributed by atoms with Crippen LogP contribution in [-0.2, 0) is 6.54 Å². The third kappa shape index (κ3) is 5.14. The molecule has 1 aromatic heterocycles. The van der Waals surface area contributed by atoms with Crippen molar-refractivity contribution in [2.75, 3.05) is 38.2 Å². The van der Waals surface area contributed by atoms with Gasteiger partial charge in [-0.2, -0.15) is 0 Å². The largest absolute Gasteiger partial charge is 0.489 e. The fraction of sp³-hybridized carbons (Fsp3) is 0.281. The highest BCUT2D eigenvalue weighted by molar-refractivity contribution is 5.93. The van der Waals surface area contributed by atoms with Crippen molar-refractivity contribution in [3.8, 4) is 5.75 Å². The van der Waals surface area contributed by atoms with E-state index in [1.165, 1.54) is 12.1 Å². The zero-order valence-corrected chi connectivity index (χ0v) is 22.3. The van der Waals surface area contributed by atoms with Crippen LogP contribution in [0.3, 0.4) is 0 Å². The molecule has 0 bridgehead atoms. The van der Waals surface area contributed by atoms with Gasteiger partial charge in [-0.3, -0.25) is 4.99 Å². The molecule has 4 aromatic rings. The van der Waals surface area contributed by atoms with E-state index in [2.05, 4.69) is 58.3 Å². The summed E-state index contributed by atoms with van der Waals surface area (Å²) in [5.41, 5.74) is 13.1. The van der Waals surface area contributed by atoms with Crippen molar-refractivity contribution >= 4 is 34.2 Å². The fourth-order valence-corrected chi connectivity index (χ4v) is 5.62. The summed E-state index contributed by atoms with van der Waals surface area (Å²) in [7, 11) is 2.07. The van der Waals surface area contributed by atoms with Gasteiger partial charge in [-0.1, -0.05) is 36.9 Å². The number of halogens is 1. The lowest BCUT2D eigenvalue weighted by molar-refractivity contribution is 0.295. The summed E-state index contributed by atoms with van der Waals surface area (Å²) in [6, 6.07) is 21.4. The highest BCUT2D eigenvalue weighted by Gasteiger charge is 2.24. The first-order valence-corrected chi connectivity index (χ1v) is 13.5. The van der Waals surface area contributed by atoms with Crippen molar-refractivity contribution < 1.29 is 9.13 Å². The number of piperidine rings is 1. The van der Waals surface area contributed by atoms with E-state index >= 15 is 0 Å². The van der Waals surface area contributed by atoms with Crippen molar-refractivity contribution in [1.82, 2.24) is 9.47 Å². The van der Waals surface area contributed by atoms with Gasteiger partial charge < -0.3 is 24.8 Å². The lowest BCUT2D eigenvalue weighted by Gasteiger charge is -2.35.